The minimum Gasteiger partial charge on any atom is -0.393 e. The van der Waals surface area contributed by atoms with Crippen molar-refractivity contribution in [3.05, 3.63) is 12.2 Å². The van der Waals surface area contributed by atoms with E-state index in [0.29, 0.717) is 0 Å². The quantitative estimate of drug-likeness (QED) is 0.665. The van der Waals surface area contributed by atoms with Crippen molar-refractivity contribution < 1.29 is 5.11 Å². The Morgan fingerprint density at radius 1 is 1.43 bits per heavy atom. The van der Waals surface area contributed by atoms with Crippen molar-refractivity contribution in [2.75, 3.05) is 0 Å². The van der Waals surface area contributed by atoms with E-state index in [1.807, 2.05) is 6.92 Å². The van der Waals surface area contributed by atoms with Crippen LogP contribution in [-0.4, -0.2) is 11.2 Å². The molecule has 0 spiro atoms. The number of hydrogen-bond donors (Lipinski definition) is 1. The van der Waals surface area contributed by atoms with Gasteiger partial charge in [-0.05, 0) is 44.4 Å². The van der Waals surface area contributed by atoms with E-state index in [-0.39, 0.29) is 11.5 Å². The van der Waals surface area contributed by atoms with Crippen LogP contribution in [0, 0.1) is 5.41 Å². The van der Waals surface area contributed by atoms with Crippen LogP contribution in [0.1, 0.15) is 58.8 Å². The first kappa shape index (κ1) is 11.8. The Hall–Kier alpha value is -0.300. The highest BCUT2D eigenvalue weighted by atomic mass is 16.3. The molecule has 1 aliphatic carbocycles. The van der Waals surface area contributed by atoms with Crippen LogP contribution in [-0.2, 0) is 0 Å². The largest absolute Gasteiger partial charge is 0.393 e. The second-order valence-corrected chi connectivity index (χ2v) is 4.93. The molecule has 0 aromatic carbocycles. The maximum atomic E-state index is 10.2. The summed E-state index contributed by atoms with van der Waals surface area (Å²) in [7, 11) is 0. The Balaban J connectivity index is 2.47. The molecule has 1 saturated carbocycles. The standard InChI is InChI=1S/C13H24O/c1-4-13(9-5-6-10-13)12(14)8-7-11(2)3/h12,14H,2,4-10H2,1,3H3. The molecule has 0 bridgehead atoms. The highest BCUT2D eigenvalue weighted by molar-refractivity contribution is 4.94. The van der Waals surface area contributed by atoms with E-state index in [4.69, 9.17) is 0 Å². The van der Waals surface area contributed by atoms with Gasteiger partial charge in [-0.25, -0.2) is 0 Å². The molecule has 0 saturated heterocycles. The van der Waals surface area contributed by atoms with E-state index in [2.05, 4.69) is 13.5 Å². The molecule has 0 aliphatic heterocycles. The predicted molar refractivity (Wildman–Crippen MR) is 61.2 cm³/mol. The summed E-state index contributed by atoms with van der Waals surface area (Å²) in [6, 6.07) is 0. The number of hydrogen-bond acceptors (Lipinski definition) is 1. The summed E-state index contributed by atoms with van der Waals surface area (Å²) in [5.41, 5.74) is 1.43. The molecule has 1 unspecified atom stereocenters. The first-order valence-corrected chi connectivity index (χ1v) is 5.93. The van der Waals surface area contributed by atoms with Gasteiger partial charge in [-0.15, -0.1) is 6.58 Å². The van der Waals surface area contributed by atoms with Gasteiger partial charge in [0.15, 0.2) is 0 Å². The van der Waals surface area contributed by atoms with Crippen molar-refractivity contribution in [3.8, 4) is 0 Å². The molecule has 1 atom stereocenters. The van der Waals surface area contributed by atoms with Gasteiger partial charge >= 0.3 is 0 Å². The van der Waals surface area contributed by atoms with Crippen LogP contribution in [0.15, 0.2) is 12.2 Å². The monoisotopic (exact) mass is 196 g/mol. The van der Waals surface area contributed by atoms with Crippen LogP contribution in [0.3, 0.4) is 0 Å². The Bertz CT molecular complexity index is 189. The second-order valence-electron chi connectivity index (χ2n) is 4.93. The topological polar surface area (TPSA) is 20.2 Å². The lowest BCUT2D eigenvalue weighted by molar-refractivity contribution is 0.0193. The minimum atomic E-state index is -0.105. The average molecular weight is 196 g/mol. The van der Waals surface area contributed by atoms with Crippen LogP contribution >= 0.6 is 0 Å². The molecule has 1 N–H and O–H groups in total. The molecular formula is C13H24O. The Morgan fingerprint density at radius 3 is 2.43 bits per heavy atom. The van der Waals surface area contributed by atoms with Gasteiger partial charge in [0.1, 0.15) is 0 Å². The van der Waals surface area contributed by atoms with Gasteiger partial charge in [-0.1, -0.05) is 25.3 Å². The SMILES string of the molecule is C=C(C)CCC(O)C1(CC)CCCC1. The molecule has 82 valence electrons. The van der Waals surface area contributed by atoms with Crippen LogP contribution in [0.2, 0.25) is 0 Å². The van der Waals surface area contributed by atoms with Gasteiger partial charge in [0.2, 0.25) is 0 Å². The number of allylic oxidation sites excluding steroid dienone is 1. The Kier molecular flexibility index (Phi) is 4.18. The first-order chi connectivity index (χ1) is 6.60. The molecule has 1 aliphatic rings. The highest BCUT2D eigenvalue weighted by Gasteiger charge is 2.38. The molecule has 0 heterocycles. The third-order valence-corrected chi connectivity index (χ3v) is 3.85. The van der Waals surface area contributed by atoms with Gasteiger partial charge in [-0.3, -0.25) is 0 Å². The number of aliphatic hydroxyl groups is 1. The minimum absolute atomic E-state index is 0.105. The van der Waals surface area contributed by atoms with Crippen LogP contribution in [0.5, 0.6) is 0 Å². The molecule has 0 amide bonds. The normalized spacial score (nSPS) is 22.2. The molecule has 0 aromatic rings. The van der Waals surface area contributed by atoms with Crippen LogP contribution < -0.4 is 0 Å². The van der Waals surface area contributed by atoms with Crippen molar-refractivity contribution in [2.24, 2.45) is 5.41 Å². The van der Waals surface area contributed by atoms with Crippen molar-refractivity contribution in [1.82, 2.24) is 0 Å². The second kappa shape index (κ2) is 4.97. The van der Waals surface area contributed by atoms with Crippen molar-refractivity contribution in [3.63, 3.8) is 0 Å². The summed E-state index contributed by atoms with van der Waals surface area (Å²) in [5, 5.41) is 10.2. The van der Waals surface area contributed by atoms with Crippen molar-refractivity contribution in [2.45, 2.75) is 64.9 Å². The number of aliphatic hydroxyl groups excluding tert-OH is 1. The molecule has 0 radical (unpaired) electrons. The van der Waals surface area contributed by atoms with E-state index in [1.54, 1.807) is 0 Å². The Labute approximate surface area is 88.2 Å². The lowest BCUT2D eigenvalue weighted by Crippen LogP contribution is -2.31. The van der Waals surface area contributed by atoms with Crippen molar-refractivity contribution >= 4 is 0 Å². The lowest BCUT2D eigenvalue weighted by atomic mass is 9.76. The van der Waals surface area contributed by atoms with E-state index >= 15 is 0 Å². The molecule has 1 nitrogen and oxygen atoms in total. The van der Waals surface area contributed by atoms with Gasteiger partial charge in [0.05, 0.1) is 6.10 Å². The van der Waals surface area contributed by atoms with Gasteiger partial charge < -0.3 is 5.11 Å². The first-order valence-electron chi connectivity index (χ1n) is 5.93. The molecule has 14 heavy (non-hydrogen) atoms. The molecule has 1 fully saturated rings. The zero-order valence-electron chi connectivity index (χ0n) is 9.68. The van der Waals surface area contributed by atoms with E-state index in [0.717, 1.165) is 19.3 Å². The molecular weight excluding hydrogens is 172 g/mol. The molecule has 1 rings (SSSR count). The van der Waals surface area contributed by atoms with Crippen molar-refractivity contribution in [1.29, 1.82) is 0 Å². The van der Waals surface area contributed by atoms with Crippen LogP contribution in [0.25, 0.3) is 0 Å². The summed E-state index contributed by atoms with van der Waals surface area (Å²) >= 11 is 0. The zero-order chi connectivity index (χ0) is 10.6. The fourth-order valence-electron chi connectivity index (χ4n) is 2.69. The summed E-state index contributed by atoms with van der Waals surface area (Å²) in [6.07, 6.45) is 7.96. The fraction of sp³-hybridized carbons (Fsp3) is 0.846. The van der Waals surface area contributed by atoms with Gasteiger partial charge in [-0.2, -0.15) is 0 Å². The lowest BCUT2D eigenvalue weighted by Gasteiger charge is -2.33. The summed E-state index contributed by atoms with van der Waals surface area (Å²) < 4.78 is 0. The van der Waals surface area contributed by atoms with E-state index in [1.165, 1.54) is 31.3 Å². The summed E-state index contributed by atoms with van der Waals surface area (Å²) in [6.45, 7) is 8.15. The van der Waals surface area contributed by atoms with E-state index in [9.17, 15) is 5.11 Å². The summed E-state index contributed by atoms with van der Waals surface area (Å²) in [4.78, 5) is 0. The number of rotatable bonds is 5. The van der Waals surface area contributed by atoms with Crippen LogP contribution in [0.4, 0.5) is 0 Å². The van der Waals surface area contributed by atoms with E-state index < -0.39 is 0 Å². The fourth-order valence-corrected chi connectivity index (χ4v) is 2.69. The average Bonchev–Trinajstić information content (AvgIpc) is 2.63. The summed E-state index contributed by atoms with van der Waals surface area (Å²) in [5.74, 6) is 0. The Morgan fingerprint density at radius 2 is 2.00 bits per heavy atom. The highest BCUT2D eigenvalue weighted by Crippen LogP contribution is 2.45. The maximum absolute atomic E-state index is 10.2. The maximum Gasteiger partial charge on any atom is 0.0599 e. The smallest absolute Gasteiger partial charge is 0.0599 e. The predicted octanol–water partition coefficient (Wildman–Crippen LogP) is 3.67. The third-order valence-electron chi connectivity index (χ3n) is 3.85. The molecule has 0 aromatic heterocycles. The zero-order valence-corrected chi connectivity index (χ0v) is 9.68. The third kappa shape index (κ3) is 2.60. The van der Waals surface area contributed by atoms with Gasteiger partial charge in [0.25, 0.3) is 0 Å². The molecule has 1 heteroatoms. The van der Waals surface area contributed by atoms with Gasteiger partial charge in [0, 0.05) is 0 Å².